The lowest BCUT2D eigenvalue weighted by Gasteiger charge is -2.05. The summed E-state index contributed by atoms with van der Waals surface area (Å²) in [6.45, 7) is 0. The van der Waals surface area contributed by atoms with Crippen molar-refractivity contribution in [2.45, 2.75) is 6.42 Å². The van der Waals surface area contributed by atoms with Crippen molar-refractivity contribution in [2.75, 3.05) is 0 Å². The largest absolute Gasteiger partial charge is 0.294 e. The molecule has 0 radical (unpaired) electrons. The Kier molecular flexibility index (Phi) is 4.60. The minimum Gasteiger partial charge on any atom is -0.294 e. The second-order valence-corrected chi connectivity index (χ2v) is 6.09. The zero-order chi connectivity index (χ0) is 13.1. The fourth-order valence-electron chi connectivity index (χ4n) is 1.59. The van der Waals surface area contributed by atoms with Crippen molar-refractivity contribution in [1.29, 1.82) is 0 Å². The van der Waals surface area contributed by atoms with Gasteiger partial charge in [0.15, 0.2) is 5.78 Å². The van der Waals surface area contributed by atoms with Crippen LogP contribution < -0.4 is 0 Å². The summed E-state index contributed by atoms with van der Waals surface area (Å²) in [6.07, 6.45) is 0.351. The number of rotatable bonds is 3. The molecule has 0 amide bonds. The van der Waals surface area contributed by atoms with Gasteiger partial charge in [-0.25, -0.2) is 0 Å². The van der Waals surface area contributed by atoms with E-state index in [0.29, 0.717) is 17.0 Å². The van der Waals surface area contributed by atoms with E-state index in [2.05, 4.69) is 31.9 Å². The molecule has 0 unspecified atom stereocenters. The summed E-state index contributed by atoms with van der Waals surface area (Å²) >= 11 is 12.7. The van der Waals surface area contributed by atoms with Gasteiger partial charge in [-0.2, -0.15) is 0 Å². The molecule has 0 aliphatic rings. The lowest BCUT2D eigenvalue weighted by Crippen LogP contribution is -2.04. The number of benzene rings is 2. The highest BCUT2D eigenvalue weighted by Gasteiger charge is 2.11. The lowest BCUT2D eigenvalue weighted by atomic mass is 10.0. The Balaban J connectivity index is 2.21. The minimum absolute atomic E-state index is 0.0172. The Hall–Kier alpha value is -0.640. The predicted molar refractivity (Wildman–Crippen MR) is 81.3 cm³/mol. The standard InChI is InChI=1S/C14H9Br2ClO/c15-10-3-1-9(2-4-10)7-14(18)12-8-11(16)5-6-13(12)17/h1-6,8H,7H2. The Labute approximate surface area is 127 Å². The zero-order valence-corrected chi connectivity index (χ0v) is 13.2. The van der Waals surface area contributed by atoms with Crippen LogP contribution >= 0.6 is 43.5 Å². The van der Waals surface area contributed by atoms with E-state index in [1.54, 1.807) is 12.1 Å². The van der Waals surface area contributed by atoms with Gasteiger partial charge in [-0.1, -0.05) is 55.6 Å². The van der Waals surface area contributed by atoms with Crippen LogP contribution in [0.25, 0.3) is 0 Å². The molecule has 92 valence electrons. The second kappa shape index (κ2) is 6.00. The third-order valence-electron chi connectivity index (χ3n) is 2.51. The summed E-state index contributed by atoms with van der Waals surface area (Å²) in [4.78, 5) is 12.2. The van der Waals surface area contributed by atoms with Crippen LogP contribution in [0, 0.1) is 0 Å². The third kappa shape index (κ3) is 3.44. The molecule has 4 heteroatoms. The Morgan fingerprint density at radius 2 is 1.61 bits per heavy atom. The van der Waals surface area contributed by atoms with Crippen LogP contribution in [0.3, 0.4) is 0 Å². The van der Waals surface area contributed by atoms with Crippen LogP contribution in [0.2, 0.25) is 5.02 Å². The molecular formula is C14H9Br2ClO. The summed E-state index contributed by atoms with van der Waals surface area (Å²) in [7, 11) is 0. The van der Waals surface area contributed by atoms with Crippen molar-refractivity contribution in [3.05, 3.63) is 67.6 Å². The topological polar surface area (TPSA) is 17.1 Å². The fraction of sp³-hybridized carbons (Fsp3) is 0.0714. The van der Waals surface area contributed by atoms with Gasteiger partial charge in [0.2, 0.25) is 0 Å². The molecule has 0 atom stereocenters. The van der Waals surface area contributed by atoms with Crippen molar-refractivity contribution in [3.63, 3.8) is 0 Å². The van der Waals surface area contributed by atoms with Gasteiger partial charge >= 0.3 is 0 Å². The summed E-state index contributed by atoms with van der Waals surface area (Å²) in [5, 5.41) is 0.486. The molecular weight excluding hydrogens is 379 g/mol. The molecule has 0 aliphatic carbocycles. The van der Waals surface area contributed by atoms with E-state index in [1.165, 1.54) is 0 Å². The number of Topliss-reactive ketones (excluding diaryl/α,β-unsaturated/α-hetero) is 1. The highest BCUT2D eigenvalue weighted by molar-refractivity contribution is 9.10. The zero-order valence-electron chi connectivity index (χ0n) is 9.29. The van der Waals surface area contributed by atoms with E-state index in [0.717, 1.165) is 14.5 Å². The Bertz CT molecular complexity index is 579. The number of hydrogen-bond acceptors (Lipinski definition) is 1. The number of carbonyl (C=O) groups is 1. The highest BCUT2D eigenvalue weighted by atomic mass is 79.9. The number of hydrogen-bond donors (Lipinski definition) is 0. The quantitative estimate of drug-likeness (QED) is 0.653. The second-order valence-electron chi connectivity index (χ2n) is 3.85. The van der Waals surface area contributed by atoms with Crippen molar-refractivity contribution in [3.8, 4) is 0 Å². The van der Waals surface area contributed by atoms with Crippen LogP contribution in [0.4, 0.5) is 0 Å². The smallest absolute Gasteiger partial charge is 0.168 e. The molecule has 2 rings (SSSR count). The first kappa shape index (κ1) is 13.8. The molecule has 0 saturated heterocycles. The van der Waals surface area contributed by atoms with Gasteiger partial charge in [-0.05, 0) is 35.9 Å². The molecule has 1 nitrogen and oxygen atoms in total. The first-order chi connectivity index (χ1) is 8.56. The number of halogens is 3. The van der Waals surface area contributed by atoms with Crippen molar-refractivity contribution in [2.24, 2.45) is 0 Å². The molecule has 0 bridgehead atoms. The maximum atomic E-state index is 12.2. The minimum atomic E-state index is 0.0172. The molecule has 18 heavy (non-hydrogen) atoms. The SMILES string of the molecule is O=C(Cc1ccc(Br)cc1)c1cc(Br)ccc1Cl. The average molecular weight is 388 g/mol. The fourth-order valence-corrected chi connectivity index (χ4v) is 2.44. The first-order valence-electron chi connectivity index (χ1n) is 5.29. The van der Waals surface area contributed by atoms with Crippen molar-refractivity contribution >= 4 is 49.2 Å². The van der Waals surface area contributed by atoms with Gasteiger partial charge < -0.3 is 0 Å². The summed E-state index contributed by atoms with van der Waals surface area (Å²) in [6, 6.07) is 13.0. The van der Waals surface area contributed by atoms with E-state index in [4.69, 9.17) is 11.6 Å². The van der Waals surface area contributed by atoms with Crippen LogP contribution in [0.15, 0.2) is 51.4 Å². The van der Waals surface area contributed by atoms with Crippen LogP contribution in [0.5, 0.6) is 0 Å². The summed E-state index contributed by atoms with van der Waals surface area (Å²) in [5.41, 5.74) is 1.52. The average Bonchev–Trinajstić information content (AvgIpc) is 2.35. The van der Waals surface area contributed by atoms with E-state index >= 15 is 0 Å². The Morgan fingerprint density at radius 1 is 1.00 bits per heavy atom. The summed E-state index contributed by atoms with van der Waals surface area (Å²) in [5.74, 6) is 0.0172. The number of carbonyl (C=O) groups excluding carboxylic acids is 1. The Morgan fingerprint density at radius 3 is 2.28 bits per heavy atom. The molecule has 0 aromatic heterocycles. The van der Waals surface area contributed by atoms with Crippen molar-refractivity contribution in [1.82, 2.24) is 0 Å². The highest BCUT2D eigenvalue weighted by Crippen LogP contribution is 2.23. The van der Waals surface area contributed by atoms with Crippen LogP contribution in [0.1, 0.15) is 15.9 Å². The van der Waals surface area contributed by atoms with Gasteiger partial charge in [0.05, 0.1) is 5.02 Å². The molecule has 0 spiro atoms. The van der Waals surface area contributed by atoms with Crippen molar-refractivity contribution < 1.29 is 4.79 Å². The van der Waals surface area contributed by atoms with E-state index in [9.17, 15) is 4.79 Å². The lowest BCUT2D eigenvalue weighted by molar-refractivity contribution is 0.0993. The van der Waals surface area contributed by atoms with Gasteiger partial charge in [-0.15, -0.1) is 0 Å². The van der Waals surface area contributed by atoms with Crippen LogP contribution in [-0.2, 0) is 6.42 Å². The molecule has 2 aromatic carbocycles. The van der Waals surface area contributed by atoms with Gasteiger partial charge in [0.1, 0.15) is 0 Å². The van der Waals surface area contributed by atoms with E-state index in [-0.39, 0.29) is 5.78 Å². The first-order valence-corrected chi connectivity index (χ1v) is 7.25. The molecule has 0 saturated carbocycles. The van der Waals surface area contributed by atoms with Crippen LogP contribution in [-0.4, -0.2) is 5.78 Å². The van der Waals surface area contributed by atoms with E-state index < -0.39 is 0 Å². The van der Waals surface area contributed by atoms with Gasteiger partial charge in [-0.3, -0.25) is 4.79 Å². The summed E-state index contributed by atoms with van der Waals surface area (Å²) < 4.78 is 1.85. The van der Waals surface area contributed by atoms with Gasteiger partial charge in [0.25, 0.3) is 0 Å². The normalized spacial score (nSPS) is 10.4. The monoisotopic (exact) mass is 386 g/mol. The number of ketones is 1. The molecule has 0 aliphatic heterocycles. The van der Waals surface area contributed by atoms with Gasteiger partial charge in [0, 0.05) is 20.9 Å². The molecule has 2 aromatic rings. The molecule has 0 fully saturated rings. The third-order valence-corrected chi connectivity index (χ3v) is 3.86. The maximum absolute atomic E-state index is 12.2. The maximum Gasteiger partial charge on any atom is 0.168 e. The molecule has 0 N–H and O–H groups in total. The van der Waals surface area contributed by atoms with E-state index in [1.807, 2.05) is 30.3 Å². The predicted octanol–water partition coefficient (Wildman–Crippen LogP) is 5.29. The molecule has 0 heterocycles.